The monoisotopic (exact) mass is 416 g/mol. The van der Waals surface area contributed by atoms with Crippen LogP contribution in [0, 0.1) is 0 Å². The van der Waals surface area contributed by atoms with Crippen molar-refractivity contribution < 1.29 is 18.7 Å². The van der Waals surface area contributed by atoms with Crippen molar-refractivity contribution >= 4 is 17.7 Å². The van der Waals surface area contributed by atoms with Gasteiger partial charge >= 0.3 is 0 Å². The van der Waals surface area contributed by atoms with Crippen molar-refractivity contribution in [3.05, 3.63) is 42.2 Å². The maximum atomic E-state index is 12.7. The number of carbonyl (C=O) groups is 1. The Balaban J connectivity index is 1.63. The van der Waals surface area contributed by atoms with Gasteiger partial charge in [0, 0.05) is 20.1 Å². The first-order valence-electron chi connectivity index (χ1n) is 9.12. The van der Waals surface area contributed by atoms with E-state index in [-0.39, 0.29) is 11.7 Å². The molecule has 0 N–H and O–H groups in total. The van der Waals surface area contributed by atoms with Crippen molar-refractivity contribution in [3.63, 3.8) is 0 Å². The summed E-state index contributed by atoms with van der Waals surface area (Å²) in [5.74, 6) is 2.87. The van der Waals surface area contributed by atoms with Crippen LogP contribution in [0.3, 0.4) is 0 Å². The highest BCUT2D eigenvalue weighted by Gasteiger charge is 2.18. The van der Waals surface area contributed by atoms with Crippen LogP contribution in [0.1, 0.15) is 12.5 Å². The largest absolute Gasteiger partial charge is 0.493 e. The molecule has 0 saturated carbocycles. The second-order valence-electron chi connectivity index (χ2n) is 6.23. The smallest absolute Gasteiger partial charge is 0.233 e. The van der Waals surface area contributed by atoms with Gasteiger partial charge in [-0.05, 0) is 36.8 Å². The number of hydrogen-bond acceptors (Lipinski definition) is 7. The minimum atomic E-state index is 0.0230. The van der Waals surface area contributed by atoms with Gasteiger partial charge in [0.25, 0.3) is 0 Å². The average Bonchev–Trinajstić information content (AvgIpc) is 3.39. The molecular formula is C20H24N4O4S. The molecule has 0 radical (unpaired) electrons. The van der Waals surface area contributed by atoms with E-state index < -0.39 is 0 Å². The third-order valence-corrected chi connectivity index (χ3v) is 5.46. The highest BCUT2D eigenvalue weighted by Crippen LogP contribution is 2.28. The Morgan fingerprint density at radius 3 is 2.66 bits per heavy atom. The van der Waals surface area contributed by atoms with Gasteiger partial charge in [0.05, 0.1) is 26.2 Å². The van der Waals surface area contributed by atoms with E-state index in [1.807, 2.05) is 42.8 Å². The van der Waals surface area contributed by atoms with Gasteiger partial charge in [-0.25, -0.2) is 0 Å². The standard InChI is InChI=1S/C20H24N4O4S/c1-5-24(12-14-8-9-15(26-3)17(11-14)27-4)18(25)13-29-20-22-21-19(23(20)2)16-7-6-10-28-16/h6-11H,5,12-13H2,1-4H3. The van der Waals surface area contributed by atoms with Crippen molar-refractivity contribution in [2.24, 2.45) is 7.05 Å². The number of methoxy groups -OCH3 is 2. The number of benzene rings is 1. The molecule has 0 fully saturated rings. The summed E-state index contributed by atoms with van der Waals surface area (Å²) in [5, 5.41) is 8.98. The fraction of sp³-hybridized carbons (Fsp3) is 0.350. The lowest BCUT2D eigenvalue weighted by Crippen LogP contribution is -2.31. The second-order valence-corrected chi connectivity index (χ2v) is 7.17. The molecule has 1 amide bonds. The molecule has 9 heteroatoms. The van der Waals surface area contributed by atoms with Crippen LogP contribution >= 0.6 is 11.8 Å². The van der Waals surface area contributed by atoms with E-state index in [2.05, 4.69) is 10.2 Å². The van der Waals surface area contributed by atoms with Crippen molar-refractivity contribution in [1.29, 1.82) is 0 Å². The third kappa shape index (κ3) is 4.73. The van der Waals surface area contributed by atoms with Crippen LogP contribution < -0.4 is 9.47 Å². The Kier molecular flexibility index (Phi) is 6.82. The summed E-state index contributed by atoms with van der Waals surface area (Å²) in [6.45, 7) is 3.05. The Bertz CT molecular complexity index is 956. The van der Waals surface area contributed by atoms with Gasteiger partial charge in [0.15, 0.2) is 28.2 Å². The molecule has 0 aliphatic heterocycles. The quantitative estimate of drug-likeness (QED) is 0.495. The molecule has 29 heavy (non-hydrogen) atoms. The van der Waals surface area contributed by atoms with Crippen LogP contribution in [0.5, 0.6) is 11.5 Å². The first-order chi connectivity index (χ1) is 14.1. The Labute approximate surface area is 173 Å². The Morgan fingerprint density at radius 1 is 1.21 bits per heavy atom. The van der Waals surface area contributed by atoms with Gasteiger partial charge in [-0.3, -0.25) is 4.79 Å². The summed E-state index contributed by atoms with van der Waals surface area (Å²) in [5.41, 5.74) is 0.974. The molecule has 0 bridgehead atoms. The zero-order chi connectivity index (χ0) is 20.8. The minimum Gasteiger partial charge on any atom is -0.493 e. The average molecular weight is 417 g/mol. The first-order valence-corrected chi connectivity index (χ1v) is 10.1. The highest BCUT2D eigenvalue weighted by atomic mass is 32.2. The van der Waals surface area contributed by atoms with E-state index in [0.717, 1.165) is 5.56 Å². The lowest BCUT2D eigenvalue weighted by Gasteiger charge is -2.21. The van der Waals surface area contributed by atoms with Crippen molar-refractivity contribution in [3.8, 4) is 23.1 Å². The van der Waals surface area contributed by atoms with Gasteiger partial charge < -0.3 is 23.4 Å². The summed E-state index contributed by atoms with van der Waals surface area (Å²) in [4.78, 5) is 14.5. The zero-order valence-corrected chi connectivity index (χ0v) is 17.7. The summed E-state index contributed by atoms with van der Waals surface area (Å²) in [6.07, 6.45) is 1.59. The number of aromatic nitrogens is 3. The Morgan fingerprint density at radius 2 is 2.00 bits per heavy atom. The zero-order valence-electron chi connectivity index (χ0n) is 16.9. The maximum absolute atomic E-state index is 12.7. The molecule has 0 aliphatic rings. The van der Waals surface area contributed by atoms with Gasteiger partial charge in [0.1, 0.15) is 0 Å². The number of amides is 1. The SMILES string of the molecule is CCN(Cc1ccc(OC)c(OC)c1)C(=O)CSc1nnc(-c2ccco2)n1C. The molecule has 3 rings (SSSR count). The summed E-state index contributed by atoms with van der Waals surface area (Å²) in [6, 6.07) is 9.29. The Hall–Kier alpha value is -2.94. The normalized spacial score (nSPS) is 10.8. The van der Waals surface area contributed by atoms with Gasteiger partial charge in [0.2, 0.25) is 5.91 Å². The first kappa shape index (κ1) is 20.8. The van der Waals surface area contributed by atoms with E-state index >= 15 is 0 Å². The molecule has 0 saturated heterocycles. The molecule has 3 aromatic rings. The van der Waals surface area contributed by atoms with Crippen LogP contribution in [-0.2, 0) is 18.4 Å². The predicted molar refractivity (Wildman–Crippen MR) is 110 cm³/mol. The molecule has 0 aliphatic carbocycles. The van der Waals surface area contributed by atoms with Crippen molar-refractivity contribution in [1.82, 2.24) is 19.7 Å². The van der Waals surface area contributed by atoms with Crippen LogP contribution in [0.2, 0.25) is 0 Å². The number of nitrogens with zero attached hydrogens (tertiary/aromatic N) is 4. The second kappa shape index (κ2) is 9.51. The predicted octanol–water partition coefficient (Wildman–Crippen LogP) is 3.23. The van der Waals surface area contributed by atoms with Gasteiger partial charge in [-0.2, -0.15) is 0 Å². The van der Waals surface area contributed by atoms with E-state index in [0.29, 0.717) is 41.3 Å². The van der Waals surface area contributed by atoms with E-state index in [1.165, 1.54) is 11.8 Å². The number of ether oxygens (including phenoxy) is 2. The number of hydrogen-bond donors (Lipinski definition) is 0. The fourth-order valence-electron chi connectivity index (χ4n) is 2.85. The van der Waals surface area contributed by atoms with Crippen molar-refractivity contribution in [2.75, 3.05) is 26.5 Å². The van der Waals surface area contributed by atoms with E-state index in [4.69, 9.17) is 13.9 Å². The van der Waals surface area contributed by atoms with Crippen molar-refractivity contribution in [2.45, 2.75) is 18.6 Å². The number of rotatable bonds is 9. The lowest BCUT2D eigenvalue weighted by atomic mass is 10.2. The summed E-state index contributed by atoms with van der Waals surface area (Å²) in [7, 11) is 5.05. The lowest BCUT2D eigenvalue weighted by molar-refractivity contribution is -0.128. The molecule has 8 nitrogen and oxygen atoms in total. The number of thioether (sulfide) groups is 1. The summed E-state index contributed by atoms with van der Waals surface area (Å²) < 4.78 is 17.8. The molecule has 0 atom stereocenters. The third-order valence-electron chi connectivity index (χ3n) is 4.46. The van der Waals surface area contributed by atoms with Crippen LogP contribution in [-0.4, -0.2) is 52.1 Å². The minimum absolute atomic E-state index is 0.0230. The molecule has 0 unspecified atom stereocenters. The molecule has 154 valence electrons. The molecule has 0 spiro atoms. The molecular weight excluding hydrogens is 392 g/mol. The maximum Gasteiger partial charge on any atom is 0.233 e. The number of carbonyl (C=O) groups excluding carboxylic acids is 1. The van der Waals surface area contributed by atoms with Gasteiger partial charge in [-0.1, -0.05) is 17.8 Å². The summed E-state index contributed by atoms with van der Waals surface area (Å²) >= 11 is 1.35. The topological polar surface area (TPSA) is 82.6 Å². The number of furan rings is 1. The van der Waals surface area contributed by atoms with E-state index in [9.17, 15) is 4.79 Å². The molecule has 1 aromatic carbocycles. The molecule has 2 aromatic heterocycles. The van der Waals surface area contributed by atoms with Crippen LogP contribution in [0.4, 0.5) is 0 Å². The fourth-order valence-corrected chi connectivity index (χ4v) is 3.67. The van der Waals surface area contributed by atoms with E-state index in [1.54, 1.807) is 31.4 Å². The van der Waals surface area contributed by atoms with Crippen LogP contribution in [0.25, 0.3) is 11.6 Å². The molecule has 2 heterocycles. The van der Waals surface area contributed by atoms with Crippen LogP contribution in [0.15, 0.2) is 46.2 Å². The highest BCUT2D eigenvalue weighted by molar-refractivity contribution is 7.99. The van der Waals surface area contributed by atoms with Gasteiger partial charge in [-0.15, -0.1) is 10.2 Å².